The zero-order chi connectivity index (χ0) is 20.6. The number of unbranched alkanes of at least 4 members (excludes halogenated alkanes) is 1. The molecule has 0 N–H and O–H groups in total. The highest BCUT2D eigenvalue weighted by Crippen LogP contribution is 2.26. The van der Waals surface area contributed by atoms with E-state index in [9.17, 15) is 9.18 Å². The van der Waals surface area contributed by atoms with Crippen LogP contribution in [0, 0.1) is 5.82 Å². The van der Waals surface area contributed by atoms with E-state index < -0.39 is 0 Å². The fourth-order valence-corrected chi connectivity index (χ4v) is 3.70. The number of piperazine rings is 1. The van der Waals surface area contributed by atoms with Gasteiger partial charge in [-0.2, -0.15) is 0 Å². The fourth-order valence-electron chi connectivity index (χ4n) is 3.58. The van der Waals surface area contributed by atoms with Crippen molar-refractivity contribution in [2.45, 2.75) is 38.8 Å². The zero-order valence-electron chi connectivity index (χ0n) is 16.6. The van der Waals surface area contributed by atoms with Gasteiger partial charge < -0.3 is 9.64 Å². The van der Waals surface area contributed by atoms with Crippen LogP contribution in [0.1, 0.15) is 31.7 Å². The summed E-state index contributed by atoms with van der Waals surface area (Å²) in [5.74, 6) is 2.67. The van der Waals surface area contributed by atoms with Crippen molar-refractivity contribution in [3.05, 3.63) is 70.6 Å². The van der Waals surface area contributed by atoms with Gasteiger partial charge in [0, 0.05) is 24.7 Å². The van der Waals surface area contributed by atoms with Crippen LogP contribution in [-0.4, -0.2) is 41.6 Å². The summed E-state index contributed by atoms with van der Waals surface area (Å²) >= 11 is 5.93. The predicted octanol–water partition coefficient (Wildman–Crippen LogP) is 4.91. The highest BCUT2D eigenvalue weighted by atomic mass is 35.5. The van der Waals surface area contributed by atoms with Crippen molar-refractivity contribution in [2.75, 3.05) is 19.8 Å². The Morgan fingerprint density at radius 2 is 1.86 bits per heavy atom. The fraction of sp³-hybridized carbons (Fsp3) is 0.391. The van der Waals surface area contributed by atoms with Crippen LogP contribution in [0.25, 0.3) is 0 Å². The lowest BCUT2D eigenvalue weighted by Gasteiger charge is -2.42. The van der Waals surface area contributed by atoms with E-state index in [1.165, 1.54) is 12.1 Å². The highest BCUT2D eigenvalue weighted by Gasteiger charge is 2.32. The van der Waals surface area contributed by atoms with Gasteiger partial charge in [-0.1, -0.05) is 43.5 Å². The van der Waals surface area contributed by atoms with E-state index in [1.807, 2.05) is 12.1 Å². The molecule has 1 unspecified atom stereocenters. The summed E-state index contributed by atoms with van der Waals surface area (Å²) in [4.78, 5) is 16.1. The monoisotopic (exact) mass is 416 g/mol. The third-order valence-electron chi connectivity index (χ3n) is 5.19. The molecule has 0 spiro atoms. The van der Waals surface area contributed by atoms with Gasteiger partial charge in [-0.15, -0.1) is 0 Å². The van der Waals surface area contributed by atoms with E-state index in [4.69, 9.17) is 16.3 Å². The van der Waals surface area contributed by atoms with Crippen molar-refractivity contribution < 1.29 is 13.9 Å². The van der Waals surface area contributed by atoms with Gasteiger partial charge >= 0.3 is 0 Å². The molecular weight excluding hydrogens is 391 g/mol. The molecule has 29 heavy (non-hydrogen) atoms. The number of hydrogen-bond acceptors (Lipinski definition) is 4. The van der Waals surface area contributed by atoms with E-state index in [0.29, 0.717) is 30.5 Å². The van der Waals surface area contributed by atoms with Crippen LogP contribution in [0.5, 0.6) is 5.75 Å². The van der Waals surface area contributed by atoms with Gasteiger partial charge in [0.15, 0.2) is 0 Å². The van der Waals surface area contributed by atoms with Crippen LogP contribution >= 0.6 is 11.6 Å². The van der Waals surface area contributed by atoms with Gasteiger partial charge in [-0.3, -0.25) is 4.90 Å². The number of carbonyl (C=O) groups excluding carboxylic acids is 1. The van der Waals surface area contributed by atoms with Crippen LogP contribution in [-0.2, 0) is 11.3 Å². The third kappa shape index (κ3) is 5.83. The molecule has 0 radical (unpaired) electrons. The number of nitrogens with zero attached hydrogens (tertiary/aromatic N) is 2. The Morgan fingerprint density at radius 1 is 1.14 bits per heavy atom. The molecule has 1 aliphatic rings. The molecule has 0 amide bonds. The molecule has 3 rings (SSSR count). The van der Waals surface area contributed by atoms with Crippen LogP contribution in [0.4, 0.5) is 4.39 Å². The lowest BCUT2D eigenvalue weighted by Crippen LogP contribution is -2.52. The topological polar surface area (TPSA) is 32.8 Å². The Kier molecular flexibility index (Phi) is 7.70. The first-order valence-electron chi connectivity index (χ1n) is 9.97. The molecule has 0 aromatic heterocycles. The van der Waals surface area contributed by atoms with Crippen molar-refractivity contribution in [3.63, 3.8) is 0 Å². The summed E-state index contributed by atoms with van der Waals surface area (Å²) in [6, 6.07) is 13.6. The van der Waals surface area contributed by atoms with E-state index in [0.717, 1.165) is 37.1 Å². The molecule has 0 saturated carbocycles. The van der Waals surface area contributed by atoms with E-state index >= 15 is 0 Å². The molecule has 0 bridgehead atoms. The molecule has 2 aromatic carbocycles. The second-order valence-electron chi connectivity index (χ2n) is 7.23. The van der Waals surface area contributed by atoms with Crippen LogP contribution in [0.15, 0.2) is 54.2 Å². The Hall–Kier alpha value is -2.33. The average Bonchev–Trinajstić information content (AvgIpc) is 2.74. The van der Waals surface area contributed by atoms with Gasteiger partial charge in [0.25, 0.3) is 0 Å². The van der Waals surface area contributed by atoms with Crippen LogP contribution in [0.2, 0.25) is 5.02 Å². The Morgan fingerprint density at radius 3 is 2.52 bits per heavy atom. The van der Waals surface area contributed by atoms with E-state index in [2.05, 4.69) is 22.7 Å². The van der Waals surface area contributed by atoms with Crippen LogP contribution in [0.3, 0.4) is 0 Å². The smallest absolute Gasteiger partial charge is 0.147 e. The molecule has 4 nitrogen and oxygen atoms in total. The standard InChI is InChI=1S/C23H26ClFN2O2/c1-2-3-4-22-23(16-28)26(15-18-5-9-20(25)10-6-18)13-14-27(22)17-29-21-11-7-19(24)8-12-21/h5-12,22H,2-4,13-15,17H2,1H3. The SMILES string of the molecule is CCCCC1C(=C=O)N(Cc2ccc(F)cc2)CCN1COc1ccc(Cl)cc1. The maximum atomic E-state index is 13.2. The molecule has 1 heterocycles. The molecule has 1 atom stereocenters. The minimum absolute atomic E-state index is 0.0473. The zero-order valence-corrected chi connectivity index (χ0v) is 17.4. The van der Waals surface area contributed by atoms with Gasteiger partial charge in [0.05, 0.1) is 6.04 Å². The Balaban J connectivity index is 1.70. The first-order chi connectivity index (χ1) is 14.1. The normalized spacial score (nSPS) is 17.3. The van der Waals surface area contributed by atoms with Gasteiger partial charge in [-0.05, 0) is 48.4 Å². The molecular formula is C23H26ClFN2O2. The summed E-state index contributed by atoms with van der Waals surface area (Å²) in [7, 11) is 0. The van der Waals surface area contributed by atoms with Crippen molar-refractivity contribution in [1.82, 2.24) is 9.80 Å². The lowest BCUT2D eigenvalue weighted by molar-refractivity contribution is 0.0436. The first kappa shape index (κ1) is 21.4. The summed E-state index contributed by atoms with van der Waals surface area (Å²) in [6.45, 7) is 4.56. The van der Waals surface area contributed by atoms with Crippen molar-refractivity contribution in [3.8, 4) is 5.75 Å². The number of hydrogen-bond donors (Lipinski definition) is 0. The highest BCUT2D eigenvalue weighted by molar-refractivity contribution is 6.30. The molecule has 6 heteroatoms. The van der Waals surface area contributed by atoms with E-state index in [1.54, 1.807) is 24.3 Å². The maximum Gasteiger partial charge on any atom is 0.147 e. The molecule has 1 saturated heterocycles. The van der Waals surface area contributed by atoms with Gasteiger partial charge in [-0.25, -0.2) is 9.18 Å². The largest absolute Gasteiger partial charge is 0.478 e. The second kappa shape index (κ2) is 10.4. The molecule has 0 aliphatic carbocycles. The van der Waals surface area contributed by atoms with Crippen LogP contribution < -0.4 is 4.74 Å². The third-order valence-corrected chi connectivity index (χ3v) is 5.44. The summed E-state index contributed by atoms with van der Waals surface area (Å²) in [6.07, 6.45) is 2.93. The second-order valence-corrected chi connectivity index (χ2v) is 7.67. The van der Waals surface area contributed by atoms with Gasteiger partial charge in [0.1, 0.15) is 29.9 Å². The number of halogens is 2. The molecule has 1 fully saturated rings. The number of rotatable bonds is 8. The summed E-state index contributed by atoms with van der Waals surface area (Å²) in [5, 5.41) is 0.666. The summed E-state index contributed by atoms with van der Waals surface area (Å²) < 4.78 is 19.1. The minimum atomic E-state index is -0.259. The lowest BCUT2D eigenvalue weighted by atomic mass is 10.0. The predicted molar refractivity (Wildman–Crippen MR) is 113 cm³/mol. The number of ether oxygens (including phenoxy) is 1. The molecule has 1 aliphatic heterocycles. The summed E-state index contributed by atoms with van der Waals surface area (Å²) in [5.41, 5.74) is 1.62. The van der Waals surface area contributed by atoms with Gasteiger partial charge in [0.2, 0.25) is 0 Å². The molecule has 154 valence electrons. The van der Waals surface area contributed by atoms with Crippen molar-refractivity contribution in [2.24, 2.45) is 0 Å². The van der Waals surface area contributed by atoms with E-state index in [-0.39, 0.29) is 11.9 Å². The maximum absolute atomic E-state index is 13.2. The van der Waals surface area contributed by atoms with Crippen molar-refractivity contribution in [1.29, 1.82) is 0 Å². The molecule has 2 aromatic rings. The van der Waals surface area contributed by atoms with Crippen molar-refractivity contribution >= 4 is 17.5 Å². The quantitative estimate of drug-likeness (QED) is 0.572. The number of benzene rings is 2. The minimum Gasteiger partial charge on any atom is -0.478 e. The first-order valence-corrected chi connectivity index (χ1v) is 10.3. The Bertz CT molecular complexity index is 835. The average molecular weight is 417 g/mol. The Labute approximate surface area is 176 Å².